The molecular weight excluding hydrogens is 266 g/mol. The first kappa shape index (κ1) is 15.4. The predicted octanol–water partition coefficient (Wildman–Crippen LogP) is 3.41. The second-order valence-electron chi connectivity index (χ2n) is 5.01. The smallest absolute Gasteiger partial charge is 0.119 e. The fraction of sp³-hybridized carbons (Fsp3) is 0.412. The Morgan fingerprint density at radius 3 is 2.52 bits per heavy atom. The molecule has 1 N–H and O–H groups in total. The van der Waals surface area contributed by atoms with E-state index in [4.69, 9.17) is 9.47 Å². The molecule has 0 amide bonds. The van der Waals surface area contributed by atoms with E-state index >= 15 is 0 Å². The summed E-state index contributed by atoms with van der Waals surface area (Å²) < 4.78 is 12.8. The van der Waals surface area contributed by atoms with Gasteiger partial charge in [0, 0.05) is 12.4 Å². The topological polar surface area (TPSA) is 43.6 Å². The van der Waals surface area contributed by atoms with Crippen LogP contribution in [0.15, 0.2) is 42.7 Å². The van der Waals surface area contributed by atoms with Crippen LogP contribution in [0.25, 0.3) is 0 Å². The minimum atomic E-state index is -0.362. The first-order valence-electron chi connectivity index (χ1n) is 7.33. The van der Waals surface area contributed by atoms with Crippen molar-refractivity contribution in [3.63, 3.8) is 0 Å². The van der Waals surface area contributed by atoms with Gasteiger partial charge in [-0.2, -0.15) is 0 Å². The van der Waals surface area contributed by atoms with Crippen LogP contribution >= 0.6 is 0 Å². The van der Waals surface area contributed by atoms with Gasteiger partial charge in [0.25, 0.3) is 0 Å². The minimum Gasteiger partial charge on any atom is -0.497 e. The van der Waals surface area contributed by atoms with Gasteiger partial charge in [0.05, 0.1) is 19.8 Å². The van der Waals surface area contributed by atoms with Crippen LogP contribution in [-0.2, 0) is 6.54 Å². The molecule has 1 aromatic heterocycles. The van der Waals surface area contributed by atoms with E-state index in [0.29, 0.717) is 6.61 Å². The Bertz CT molecular complexity index is 533. The van der Waals surface area contributed by atoms with E-state index in [1.165, 1.54) is 0 Å². The Hall–Kier alpha value is -1.94. The van der Waals surface area contributed by atoms with Crippen molar-refractivity contribution in [2.24, 2.45) is 0 Å². The monoisotopic (exact) mass is 289 g/mol. The van der Waals surface area contributed by atoms with Crippen molar-refractivity contribution in [3.8, 4) is 11.5 Å². The number of ether oxygens (including phenoxy) is 2. The number of hydrogen-bond acceptors (Lipinski definition) is 3. The van der Waals surface area contributed by atoms with E-state index in [-0.39, 0.29) is 6.10 Å². The van der Waals surface area contributed by atoms with Crippen LogP contribution < -0.4 is 9.47 Å². The molecular formula is C17H23NO3. The summed E-state index contributed by atoms with van der Waals surface area (Å²) in [6.45, 7) is 3.41. The molecule has 1 aromatic carbocycles. The third kappa shape index (κ3) is 4.53. The molecule has 2 rings (SSSR count). The van der Waals surface area contributed by atoms with Gasteiger partial charge in [-0.05, 0) is 42.3 Å². The van der Waals surface area contributed by atoms with Crippen molar-refractivity contribution >= 4 is 0 Å². The Labute approximate surface area is 125 Å². The molecule has 0 aliphatic heterocycles. The maximum atomic E-state index is 9.93. The molecule has 4 nitrogen and oxygen atoms in total. The molecule has 1 atom stereocenters. The van der Waals surface area contributed by atoms with Crippen LogP contribution in [-0.4, -0.2) is 23.4 Å². The standard InChI is InChI=1S/C17H23NO3/c1-3-4-17(19)14-9-10-18(13-14)11-12-21-16-7-5-15(20-2)6-8-16/h5-10,13,17,19H,3-4,11-12H2,1-2H3. The minimum absolute atomic E-state index is 0.362. The van der Waals surface area contributed by atoms with Gasteiger partial charge in [0.1, 0.15) is 18.1 Å². The van der Waals surface area contributed by atoms with Gasteiger partial charge in [-0.15, -0.1) is 0 Å². The number of methoxy groups -OCH3 is 1. The lowest BCUT2D eigenvalue weighted by Gasteiger charge is -2.08. The van der Waals surface area contributed by atoms with Crippen LogP contribution in [0.3, 0.4) is 0 Å². The predicted molar refractivity (Wildman–Crippen MR) is 82.8 cm³/mol. The van der Waals surface area contributed by atoms with Gasteiger partial charge in [-0.25, -0.2) is 0 Å². The molecule has 1 unspecified atom stereocenters. The molecule has 2 aromatic rings. The molecule has 21 heavy (non-hydrogen) atoms. The summed E-state index contributed by atoms with van der Waals surface area (Å²) in [5.74, 6) is 1.65. The van der Waals surface area contributed by atoms with Gasteiger partial charge in [0.15, 0.2) is 0 Å². The van der Waals surface area contributed by atoms with Gasteiger partial charge < -0.3 is 19.1 Å². The highest BCUT2D eigenvalue weighted by Gasteiger charge is 2.07. The van der Waals surface area contributed by atoms with E-state index < -0.39 is 0 Å². The normalized spacial score (nSPS) is 12.1. The average Bonchev–Trinajstić information content (AvgIpc) is 2.97. The van der Waals surface area contributed by atoms with Crippen molar-refractivity contribution in [2.45, 2.75) is 32.4 Å². The molecule has 1 heterocycles. The lowest BCUT2D eigenvalue weighted by Crippen LogP contribution is -2.06. The summed E-state index contributed by atoms with van der Waals surface area (Å²) >= 11 is 0. The summed E-state index contributed by atoms with van der Waals surface area (Å²) in [4.78, 5) is 0. The Kier molecular flexibility index (Phi) is 5.69. The summed E-state index contributed by atoms with van der Waals surface area (Å²) in [6.07, 6.45) is 5.38. The number of nitrogens with zero attached hydrogens (tertiary/aromatic N) is 1. The van der Waals surface area contributed by atoms with Gasteiger partial charge in [-0.3, -0.25) is 0 Å². The van der Waals surface area contributed by atoms with Crippen molar-refractivity contribution in [1.82, 2.24) is 4.57 Å². The molecule has 0 aliphatic rings. The number of benzene rings is 1. The zero-order valence-electron chi connectivity index (χ0n) is 12.7. The fourth-order valence-electron chi connectivity index (χ4n) is 2.18. The molecule has 0 radical (unpaired) electrons. The van der Waals surface area contributed by atoms with Gasteiger partial charge in [0.2, 0.25) is 0 Å². The van der Waals surface area contributed by atoms with Crippen LogP contribution in [0.2, 0.25) is 0 Å². The Morgan fingerprint density at radius 1 is 1.14 bits per heavy atom. The highest BCUT2D eigenvalue weighted by atomic mass is 16.5. The zero-order valence-corrected chi connectivity index (χ0v) is 12.7. The van der Waals surface area contributed by atoms with Crippen LogP contribution in [0.5, 0.6) is 11.5 Å². The molecule has 4 heteroatoms. The van der Waals surface area contributed by atoms with E-state index in [2.05, 4.69) is 6.92 Å². The summed E-state index contributed by atoms with van der Waals surface area (Å²) in [5.41, 5.74) is 0.973. The van der Waals surface area contributed by atoms with Gasteiger partial charge in [-0.1, -0.05) is 13.3 Å². The lowest BCUT2D eigenvalue weighted by molar-refractivity contribution is 0.166. The lowest BCUT2D eigenvalue weighted by atomic mass is 10.1. The summed E-state index contributed by atoms with van der Waals surface area (Å²) in [5, 5.41) is 9.93. The van der Waals surface area contributed by atoms with Crippen molar-refractivity contribution < 1.29 is 14.6 Å². The van der Waals surface area contributed by atoms with Gasteiger partial charge >= 0.3 is 0 Å². The average molecular weight is 289 g/mol. The quantitative estimate of drug-likeness (QED) is 0.810. The first-order chi connectivity index (χ1) is 10.2. The highest BCUT2D eigenvalue weighted by molar-refractivity contribution is 5.31. The van der Waals surface area contributed by atoms with Crippen molar-refractivity contribution in [1.29, 1.82) is 0 Å². The number of hydrogen-bond donors (Lipinski definition) is 1. The number of aliphatic hydroxyl groups excluding tert-OH is 1. The SMILES string of the molecule is CCCC(O)c1ccn(CCOc2ccc(OC)cc2)c1. The largest absolute Gasteiger partial charge is 0.497 e. The molecule has 0 bridgehead atoms. The van der Waals surface area contributed by atoms with E-state index in [9.17, 15) is 5.11 Å². The van der Waals surface area contributed by atoms with E-state index in [0.717, 1.165) is 36.4 Å². The summed E-state index contributed by atoms with van der Waals surface area (Å²) in [6, 6.07) is 9.51. The van der Waals surface area contributed by atoms with Crippen LogP contribution in [0.1, 0.15) is 31.4 Å². The number of aliphatic hydroxyl groups is 1. The third-order valence-electron chi connectivity index (χ3n) is 3.40. The van der Waals surface area contributed by atoms with Crippen molar-refractivity contribution in [2.75, 3.05) is 13.7 Å². The second kappa shape index (κ2) is 7.74. The molecule has 0 aliphatic carbocycles. The number of rotatable bonds is 8. The first-order valence-corrected chi connectivity index (χ1v) is 7.33. The van der Waals surface area contributed by atoms with Crippen LogP contribution in [0.4, 0.5) is 0 Å². The third-order valence-corrected chi connectivity index (χ3v) is 3.40. The second-order valence-corrected chi connectivity index (χ2v) is 5.01. The fourth-order valence-corrected chi connectivity index (χ4v) is 2.18. The molecule has 0 fully saturated rings. The van der Waals surface area contributed by atoms with E-state index in [1.54, 1.807) is 7.11 Å². The number of aromatic nitrogens is 1. The maximum absolute atomic E-state index is 9.93. The summed E-state index contributed by atoms with van der Waals surface area (Å²) in [7, 11) is 1.65. The zero-order chi connectivity index (χ0) is 15.1. The Morgan fingerprint density at radius 2 is 1.86 bits per heavy atom. The molecule has 0 spiro atoms. The Balaban J connectivity index is 1.80. The van der Waals surface area contributed by atoms with E-state index in [1.807, 2.05) is 47.3 Å². The maximum Gasteiger partial charge on any atom is 0.119 e. The molecule has 0 saturated heterocycles. The molecule has 0 saturated carbocycles. The van der Waals surface area contributed by atoms with Crippen LogP contribution in [0, 0.1) is 0 Å². The molecule has 114 valence electrons. The van der Waals surface area contributed by atoms with Crippen molar-refractivity contribution in [3.05, 3.63) is 48.3 Å². The highest BCUT2D eigenvalue weighted by Crippen LogP contribution is 2.19.